The number of halogens is 3. The molecular weight excluding hydrogens is 221 g/mol. The first-order valence-electron chi connectivity index (χ1n) is 4.35. The van der Waals surface area contributed by atoms with Crippen LogP contribution in [0.5, 0.6) is 0 Å². The highest BCUT2D eigenvalue weighted by Gasteiger charge is 2.30. The van der Waals surface area contributed by atoms with E-state index in [0.717, 1.165) is 12.1 Å². The van der Waals surface area contributed by atoms with Crippen LogP contribution in [0.2, 0.25) is 0 Å². The quantitative estimate of drug-likeness (QED) is 0.830. The van der Waals surface area contributed by atoms with Crippen molar-refractivity contribution in [3.63, 3.8) is 0 Å². The summed E-state index contributed by atoms with van der Waals surface area (Å²) in [7, 11) is 0. The van der Waals surface area contributed by atoms with Gasteiger partial charge in [0, 0.05) is 5.69 Å². The first kappa shape index (κ1) is 10.5. The van der Waals surface area contributed by atoms with Crippen molar-refractivity contribution in [3.05, 3.63) is 36.2 Å². The lowest BCUT2D eigenvalue weighted by Crippen LogP contribution is -2.05. The molecule has 0 aliphatic carbocycles. The van der Waals surface area contributed by atoms with E-state index in [1.165, 1.54) is 18.5 Å². The number of rotatable bonds is 2. The number of nitrogens with zero attached hydrogens (tertiary/aromatic N) is 2. The zero-order chi connectivity index (χ0) is 11.6. The molecular formula is C9H7F3N4. The van der Waals surface area contributed by atoms with Crippen LogP contribution in [0.25, 0.3) is 0 Å². The molecule has 0 fully saturated rings. The largest absolute Gasteiger partial charge is 0.416 e. The average molecular weight is 228 g/mol. The topological polar surface area (TPSA) is 53.6 Å². The Balaban J connectivity index is 2.23. The maximum absolute atomic E-state index is 12.4. The lowest BCUT2D eigenvalue weighted by atomic mass is 10.2. The molecule has 7 heteroatoms. The van der Waals surface area contributed by atoms with E-state index in [0.29, 0.717) is 11.6 Å². The summed E-state index contributed by atoms with van der Waals surface area (Å²) in [4.78, 5) is 3.74. The van der Waals surface area contributed by atoms with Crippen molar-refractivity contribution >= 4 is 11.6 Å². The third kappa shape index (κ3) is 2.30. The van der Waals surface area contributed by atoms with Crippen LogP contribution >= 0.6 is 0 Å². The number of hydrogen-bond acceptors (Lipinski definition) is 3. The van der Waals surface area contributed by atoms with Crippen LogP contribution in [0.15, 0.2) is 30.6 Å². The molecule has 0 saturated carbocycles. The first-order chi connectivity index (χ1) is 7.55. The van der Waals surface area contributed by atoms with Gasteiger partial charge >= 0.3 is 6.18 Å². The van der Waals surface area contributed by atoms with Crippen molar-refractivity contribution in [1.82, 2.24) is 15.2 Å². The zero-order valence-electron chi connectivity index (χ0n) is 7.92. The Bertz CT molecular complexity index is 464. The van der Waals surface area contributed by atoms with Crippen LogP contribution in [0.4, 0.5) is 24.8 Å². The van der Waals surface area contributed by atoms with Gasteiger partial charge in [-0.1, -0.05) is 6.07 Å². The molecule has 1 heterocycles. The van der Waals surface area contributed by atoms with E-state index >= 15 is 0 Å². The van der Waals surface area contributed by atoms with Crippen molar-refractivity contribution in [2.75, 3.05) is 5.32 Å². The fourth-order valence-corrected chi connectivity index (χ4v) is 1.18. The Hall–Kier alpha value is -2.05. The fraction of sp³-hybridized carbons (Fsp3) is 0.111. The molecule has 0 spiro atoms. The van der Waals surface area contributed by atoms with E-state index in [4.69, 9.17) is 0 Å². The molecule has 2 rings (SSSR count). The van der Waals surface area contributed by atoms with Gasteiger partial charge in [0.2, 0.25) is 5.95 Å². The molecule has 1 aromatic carbocycles. The van der Waals surface area contributed by atoms with Crippen LogP contribution in [0, 0.1) is 0 Å². The minimum Gasteiger partial charge on any atom is -0.325 e. The lowest BCUT2D eigenvalue weighted by molar-refractivity contribution is -0.137. The lowest BCUT2D eigenvalue weighted by Gasteiger charge is -2.08. The molecule has 84 valence electrons. The molecule has 0 amide bonds. The van der Waals surface area contributed by atoms with Crippen molar-refractivity contribution in [1.29, 1.82) is 0 Å². The van der Waals surface area contributed by atoms with E-state index in [9.17, 15) is 13.2 Å². The van der Waals surface area contributed by atoms with E-state index in [1.807, 2.05) is 0 Å². The zero-order valence-corrected chi connectivity index (χ0v) is 7.92. The minimum absolute atomic E-state index is 0.291. The number of anilines is 2. The van der Waals surface area contributed by atoms with Gasteiger partial charge in [-0.3, -0.25) is 0 Å². The van der Waals surface area contributed by atoms with Crippen molar-refractivity contribution < 1.29 is 13.2 Å². The summed E-state index contributed by atoms with van der Waals surface area (Å²) >= 11 is 0. The highest BCUT2D eigenvalue weighted by Crippen LogP contribution is 2.30. The molecule has 4 nitrogen and oxygen atoms in total. The number of hydrogen-bond donors (Lipinski definition) is 2. The molecule has 2 N–H and O–H groups in total. The summed E-state index contributed by atoms with van der Waals surface area (Å²) in [6, 6.07) is 4.84. The van der Waals surface area contributed by atoms with Crippen LogP contribution in [0.1, 0.15) is 5.56 Å². The van der Waals surface area contributed by atoms with Crippen LogP contribution in [-0.4, -0.2) is 15.2 Å². The number of nitrogens with one attached hydrogen (secondary N) is 2. The van der Waals surface area contributed by atoms with Crippen LogP contribution in [-0.2, 0) is 6.18 Å². The molecule has 0 atom stereocenters. The highest BCUT2D eigenvalue weighted by molar-refractivity contribution is 5.54. The average Bonchev–Trinajstić information content (AvgIpc) is 2.70. The predicted octanol–water partition coefficient (Wildman–Crippen LogP) is 2.57. The minimum atomic E-state index is -4.35. The van der Waals surface area contributed by atoms with Gasteiger partial charge in [-0.05, 0) is 18.2 Å². The van der Waals surface area contributed by atoms with Gasteiger partial charge in [-0.25, -0.2) is 5.10 Å². The summed E-state index contributed by atoms with van der Waals surface area (Å²) in [5.74, 6) is 0.291. The number of H-pyrrole nitrogens is 1. The number of benzene rings is 1. The Kier molecular flexibility index (Phi) is 2.51. The van der Waals surface area contributed by atoms with Crippen LogP contribution in [0.3, 0.4) is 0 Å². The summed E-state index contributed by atoms with van der Waals surface area (Å²) in [5.41, 5.74) is -0.413. The smallest absolute Gasteiger partial charge is 0.325 e. The van der Waals surface area contributed by atoms with Gasteiger partial charge in [-0.15, -0.1) is 0 Å². The van der Waals surface area contributed by atoms with Gasteiger partial charge in [-0.2, -0.15) is 23.3 Å². The predicted molar refractivity (Wildman–Crippen MR) is 51.1 cm³/mol. The number of alkyl halides is 3. The first-order valence-corrected chi connectivity index (χ1v) is 4.35. The molecule has 0 radical (unpaired) electrons. The third-order valence-corrected chi connectivity index (χ3v) is 1.87. The second-order valence-electron chi connectivity index (χ2n) is 3.04. The molecule has 0 aliphatic rings. The van der Waals surface area contributed by atoms with Gasteiger partial charge in [0.05, 0.1) is 5.56 Å². The second kappa shape index (κ2) is 3.84. The molecule has 1 aromatic heterocycles. The monoisotopic (exact) mass is 228 g/mol. The molecule has 16 heavy (non-hydrogen) atoms. The molecule has 0 bridgehead atoms. The summed E-state index contributed by atoms with van der Waals surface area (Å²) < 4.78 is 37.1. The maximum atomic E-state index is 12.4. The van der Waals surface area contributed by atoms with Crippen molar-refractivity contribution in [2.45, 2.75) is 6.18 Å². The Morgan fingerprint density at radius 2 is 2.06 bits per heavy atom. The summed E-state index contributed by atoms with van der Waals surface area (Å²) in [6.07, 6.45) is -3.09. The SMILES string of the molecule is FC(F)(F)c1cccc(Nc2ncn[nH]2)c1. The van der Waals surface area contributed by atoms with Crippen LogP contribution < -0.4 is 5.32 Å². The second-order valence-corrected chi connectivity index (χ2v) is 3.04. The van der Waals surface area contributed by atoms with E-state index in [2.05, 4.69) is 20.5 Å². The highest BCUT2D eigenvalue weighted by atomic mass is 19.4. The standard InChI is InChI=1S/C9H7F3N4/c10-9(11,12)6-2-1-3-7(4-6)15-8-13-5-14-16-8/h1-5H,(H2,13,14,15,16). The van der Waals surface area contributed by atoms with Crippen molar-refractivity contribution in [3.8, 4) is 0 Å². The normalized spacial score (nSPS) is 11.4. The number of aromatic nitrogens is 3. The van der Waals surface area contributed by atoms with Crippen molar-refractivity contribution in [2.24, 2.45) is 0 Å². The Labute approximate surface area is 88.5 Å². The molecule has 0 aliphatic heterocycles. The molecule has 0 unspecified atom stereocenters. The number of aromatic amines is 1. The van der Waals surface area contributed by atoms with Gasteiger partial charge in [0.1, 0.15) is 6.33 Å². The third-order valence-electron chi connectivity index (χ3n) is 1.87. The molecule has 2 aromatic rings. The Morgan fingerprint density at radius 3 is 2.69 bits per heavy atom. The van der Waals surface area contributed by atoms with E-state index < -0.39 is 11.7 Å². The van der Waals surface area contributed by atoms with E-state index in [1.54, 1.807) is 0 Å². The van der Waals surface area contributed by atoms with Gasteiger partial charge in [0.15, 0.2) is 0 Å². The van der Waals surface area contributed by atoms with Gasteiger partial charge < -0.3 is 5.32 Å². The Morgan fingerprint density at radius 1 is 1.25 bits per heavy atom. The molecule has 0 saturated heterocycles. The summed E-state index contributed by atoms with van der Waals surface area (Å²) in [5, 5.41) is 8.73. The maximum Gasteiger partial charge on any atom is 0.416 e. The fourth-order valence-electron chi connectivity index (χ4n) is 1.18. The van der Waals surface area contributed by atoms with Gasteiger partial charge in [0.25, 0.3) is 0 Å². The van der Waals surface area contributed by atoms with E-state index in [-0.39, 0.29) is 0 Å². The summed E-state index contributed by atoms with van der Waals surface area (Å²) in [6.45, 7) is 0.